The molecule has 0 aromatic carbocycles. The molecule has 1 aromatic heterocycles. The maximum atomic E-state index is 11.6. The summed E-state index contributed by atoms with van der Waals surface area (Å²) in [5.41, 5.74) is 0.422. The van der Waals surface area contributed by atoms with Crippen molar-refractivity contribution in [1.29, 1.82) is 0 Å². The number of hydrogen-bond acceptors (Lipinski definition) is 4. The lowest BCUT2D eigenvalue weighted by Crippen LogP contribution is -2.11. The smallest absolute Gasteiger partial charge is 0.359 e. The number of aromatic nitrogens is 2. The van der Waals surface area contributed by atoms with E-state index >= 15 is 0 Å². The first-order valence-electron chi connectivity index (χ1n) is 5.88. The Labute approximate surface area is 99.8 Å². The zero-order valence-corrected chi connectivity index (χ0v) is 10.0. The summed E-state index contributed by atoms with van der Waals surface area (Å²) < 4.78 is 6.57. The van der Waals surface area contributed by atoms with E-state index in [1.807, 2.05) is 6.92 Å². The van der Waals surface area contributed by atoms with Gasteiger partial charge in [0.15, 0.2) is 12.0 Å². The molecule has 0 N–H and O–H groups in total. The zero-order chi connectivity index (χ0) is 12.4. The third-order valence-corrected chi connectivity index (χ3v) is 3.08. The predicted octanol–water partition coefficient (Wildman–Crippen LogP) is 1.84. The maximum Gasteiger partial charge on any atom is 0.359 e. The van der Waals surface area contributed by atoms with Gasteiger partial charge in [0.05, 0.1) is 18.2 Å². The van der Waals surface area contributed by atoms with Crippen LogP contribution in [0.2, 0.25) is 0 Å². The first-order valence-corrected chi connectivity index (χ1v) is 5.88. The maximum absolute atomic E-state index is 11.6. The molecule has 1 fully saturated rings. The molecule has 5 heteroatoms. The number of ether oxygens (including phenoxy) is 1. The van der Waals surface area contributed by atoms with Gasteiger partial charge in [-0.15, -0.1) is 0 Å². The van der Waals surface area contributed by atoms with Crippen molar-refractivity contribution in [3.05, 3.63) is 17.5 Å². The van der Waals surface area contributed by atoms with E-state index in [1.165, 1.54) is 12.8 Å². The van der Waals surface area contributed by atoms with E-state index < -0.39 is 5.97 Å². The molecule has 0 bridgehead atoms. The molecule has 0 saturated heterocycles. The quantitative estimate of drug-likeness (QED) is 0.578. The molecule has 1 saturated carbocycles. The second-order valence-corrected chi connectivity index (χ2v) is 4.33. The molecule has 5 nitrogen and oxygen atoms in total. The van der Waals surface area contributed by atoms with Crippen molar-refractivity contribution < 1.29 is 14.3 Å². The molecule has 1 aliphatic rings. The van der Waals surface area contributed by atoms with Gasteiger partial charge in [-0.3, -0.25) is 9.48 Å². The average molecular weight is 236 g/mol. The van der Waals surface area contributed by atoms with E-state index in [0.29, 0.717) is 17.8 Å². The minimum atomic E-state index is -0.531. The number of hydrogen-bond donors (Lipinski definition) is 0. The highest BCUT2D eigenvalue weighted by atomic mass is 16.5. The summed E-state index contributed by atoms with van der Waals surface area (Å²) in [6.45, 7) is 4.05. The molecule has 17 heavy (non-hydrogen) atoms. The van der Waals surface area contributed by atoms with E-state index in [4.69, 9.17) is 4.74 Å². The molecule has 0 spiro atoms. The molecular weight excluding hydrogens is 220 g/mol. The fourth-order valence-electron chi connectivity index (χ4n) is 1.85. The molecular formula is C12H16N2O3. The lowest BCUT2D eigenvalue weighted by Gasteiger charge is -2.09. The molecule has 0 radical (unpaired) electrons. The van der Waals surface area contributed by atoms with Crippen LogP contribution < -0.4 is 0 Å². The Morgan fingerprint density at radius 1 is 1.71 bits per heavy atom. The second-order valence-electron chi connectivity index (χ2n) is 4.33. The van der Waals surface area contributed by atoms with Crippen LogP contribution in [0.1, 0.15) is 53.6 Å². The second kappa shape index (κ2) is 4.69. The summed E-state index contributed by atoms with van der Waals surface area (Å²) in [7, 11) is 0. The first kappa shape index (κ1) is 11.8. The molecule has 1 aromatic rings. The molecule has 0 amide bonds. The molecule has 92 valence electrons. The van der Waals surface area contributed by atoms with E-state index in [0.717, 1.165) is 0 Å². The van der Waals surface area contributed by atoms with Gasteiger partial charge in [0.1, 0.15) is 0 Å². The summed E-state index contributed by atoms with van der Waals surface area (Å²) >= 11 is 0. The third-order valence-electron chi connectivity index (χ3n) is 3.08. The molecule has 1 aliphatic carbocycles. The van der Waals surface area contributed by atoms with Crippen LogP contribution >= 0.6 is 0 Å². The largest absolute Gasteiger partial charge is 0.461 e. The Hall–Kier alpha value is -1.65. The van der Waals surface area contributed by atoms with Gasteiger partial charge in [0, 0.05) is 6.20 Å². The Kier molecular flexibility index (Phi) is 3.26. The van der Waals surface area contributed by atoms with Crippen LogP contribution in [0.4, 0.5) is 0 Å². The fourth-order valence-corrected chi connectivity index (χ4v) is 1.85. The van der Waals surface area contributed by atoms with Gasteiger partial charge in [0.2, 0.25) is 0 Å². The van der Waals surface area contributed by atoms with E-state index in [9.17, 15) is 9.59 Å². The van der Waals surface area contributed by atoms with Crippen molar-refractivity contribution in [2.24, 2.45) is 5.92 Å². The monoisotopic (exact) mass is 236 g/mol. The standard InChI is InChI=1S/C12H16N2O3/c1-3-17-12(16)11-10(7-15)6-14(13-11)8(2)9-4-5-9/h6-9H,3-5H2,1-2H3. The number of carbonyl (C=O) groups is 2. The minimum absolute atomic E-state index is 0.120. The van der Waals surface area contributed by atoms with Crippen molar-refractivity contribution in [1.82, 2.24) is 9.78 Å². The van der Waals surface area contributed by atoms with Gasteiger partial charge >= 0.3 is 5.97 Å². The summed E-state index contributed by atoms with van der Waals surface area (Å²) in [6.07, 6.45) is 4.65. The molecule has 1 unspecified atom stereocenters. The lowest BCUT2D eigenvalue weighted by molar-refractivity contribution is 0.0516. The number of esters is 1. The van der Waals surface area contributed by atoms with Crippen molar-refractivity contribution >= 4 is 12.3 Å². The van der Waals surface area contributed by atoms with E-state index in [1.54, 1.807) is 17.8 Å². The number of nitrogens with zero attached hydrogens (tertiary/aromatic N) is 2. The normalized spacial score (nSPS) is 16.6. The summed E-state index contributed by atoms with van der Waals surface area (Å²) in [4.78, 5) is 22.5. The van der Waals surface area contributed by atoms with Crippen molar-refractivity contribution in [2.45, 2.75) is 32.7 Å². The van der Waals surface area contributed by atoms with Crippen LogP contribution in [-0.2, 0) is 4.74 Å². The Bertz CT molecular complexity index is 435. The number of aldehydes is 1. The van der Waals surface area contributed by atoms with E-state index in [2.05, 4.69) is 5.10 Å². The number of carbonyl (C=O) groups excluding carboxylic acids is 2. The Morgan fingerprint density at radius 3 is 2.94 bits per heavy atom. The summed E-state index contributed by atoms with van der Waals surface area (Å²) in [5.74, 6) is 0.0841. The predicted molar refractivity (Wildman–Crippen MR) is 61.0 cm³/mol. The molecule has 0 aliphatic heterocycles. The molecule has 1 heterocycles. The van der Waals surface area contributed by atoms with Gasteiger partial charge in [-0.2, -0.15) is 5.10 Å². The van der Waals surface area contributed by atoms with Crippen molar-refractivity contribution in [3.63, 3.8) is 0 Å². The van der Waals surface area contributed by atoms with Crippen LogP contribution in [-0.4, -0.2) is 28.6 Å². The highest BCUT2D eigenvalue weighted by Gasteiger charge is 2.31. The van der Waals surface area contributed by atoms with Crippen molar-refractivity contribution in [3.8, 4) is 0 Å². The van der Waals surface area contributed by atoms with Gasteiger partial charge in [-0.1, -0.05) is 0 Å². The third kappa shape index (κ3) is 2.38. The van der Waals surface area contributed by atoms with Gasteiger partial charge < -0.3 is 4.74 Å². The van der Waals surface area contributed by atoms with Crippen molar-refractivity contribution in [2.75, 3.05) is 6.61 Å². The summed E-state index contributed by atoms with van der Waals surface area (Å²) in [5, 5.41) is 4.17. The van der Waals surface area contributed by atoms with Gasteiger partial charge in [-0.25, -0.2) is 4.79 Å². The number of rotatable bonds is 5. The van der Waals surface area contributed by atoms with E-state index in [-0.39, 0.29) is 18.3 Å². The van der Waals surface area contributed by atoms with Crippen LogP contribution in [0.25, 0.3) is 0 Å². The lowest BCUT2D eigenvalue weighted by atomic mass is 10.2. The summed E-state index contributed by atoms with van der Waals surface area (Å²) in [6, 6.07) is 0.233. The first-order chi connectivity index (χ1) is 8.17. The topological polar surface area (TPSA) is 61.2 Å². The van der Waals surface area contributed by atoms with Crippen LogP contribution in [0.3, 0.4) is 0 Å². The van der Waals surface area contributed by atoms with Crippen LogP contribution in [0, 0.1) is 5.92 Å². The van der Waals surface area contributed by atoms with Gasteiger partial charge in [0.25, 0.3) is 0 Å². The SMILES string of the molecule is CCOC(=O)c1nn(C(C)C2CC2)cc1C=O. The molecule has 2 rings (SSSR count). The fraction of sp³-hybridized carbons (Fsp3) is 0.583. The average Bonchev–Trinajstić information content (AvgIpc) is 3.07. The highest BCUT2D eigenvalue weighted by molar-refractivity contribution is 5.96. The Balaban J connectivity index is 2.25. The van der Waals surface area contributed by atoms with Gasteiger partial charge in [-0.05, 0) is 32.6 Å². The highest BCUT2D eigenvalue weighted by Crippen LogP contribution is 2.39. The minimum Gasteiger partial charge on any atom is -0.461 e. The molecule has 1 atom stereocenters. The zero-order valence-electron chi connectivity index (χ0n) is 10.0. The van der Waals surface area contributed by atoms with Crippen LogP contribution in [0.15, 0.2) is 6.20 Å². The van der Waals surface area contributed by atoms with Crippen LogP contribution in [0.5, 0.6) is 0 Å². The Morgan fingerprint density at radius 2 is 2.41 bits per heavy atom.